The Morgan fingerprint density at radius 1 is 1.50 bits per heavy atom. The minimum absolute atomic E-state index is 0.0736. The van der Waals surface area contributed by atoms with Crippen molar-refractivity contribution in [2.45, 2.75) is 37.6 Å². The number of rotatable bonds is 5. The summed E-state index contributed by atoms with van der Waals surface area (Å²) >= 11 is 0. The zero-order valence-electron chi connectivity index (χ0n) is 10.4. The number of carbonyl (C=O) groups excluding carboxylic acids is 1. The van der Waals surface area contributed by atoms with Gasteiger partial charge in [-0.1, -0.05) is 12.8 Å². The first-order valence-electron chi connectivity index (χ1n) is 6.07. The molecule has 1 aromatic heterocycles. The van der Waals surface area contributed by atoms with Crippen LogP contribution in [-0.4, -0.2) is 40.3 Å². The van der Waals surface area contributed by atoms with E-state index in [0.717, 1.165) is 25.7 Å². The van der Waals surface area contributed by atoms with Crippen LogP contribution in [0.4, 0.5) is 0 Å². The number of carbonyl (C=O) groups is 1. The second-order valence-corrected chi connectivity index (χ2v) is 4.77. The summed E-state index contributed by atoms with van der Waals surface area (Å²) in [5.74, 6) is 0.208. The summed E-state index contributed by atoms with van der Waals surface area (Å²) in [6, 6.07) is 0. The highest BCUT2D eigenvalue weighted by Crippen LogP contribution is 2.29. The van der Waals surface area contributed by atoms with Crippen molar-refractivity contribution in [2.75, 3.05) is 13.7 Å². The van der Waals surface area contributed by atoms with Crippen molar-refractivity contribution in [2.24, 2.45) is 0 Å². The maximum atomic E-state index is 11.9. The molecule has 1 saturated carbocycles. The third-order valence-electron chi connectivity index (χ3n) is 3.26. The molecular weight excluding hydrogens is 236 g/mol. The fraction of sp³-hybridized carbons (Fsp3) is 0.727. The second-order valence-electron chi connectivity index (χ2n) is 4.77. The van der Waals surface area contributed by atoms with Crippen LogP contribution < -0.4 is 11.0 Å². The molecule has 0 spiro atoms. The summed E-state index contributed by atoms with van der Waals surface area (Å²) in [5, 5.41) is 8.96. The zero-order valence-corrected chi connectivity index (χ0v) is 10.4. The van der Waals surface area contributed by atoms with Crippen molar-refractivity contribution in [3.8, 4) is 0 Å². The van der Waals surface area contributed by atoms with Crippen molar-refractivity contribution < 1.29 is 9.53 Å². The molecule has 0 radical (unpaired) electrons. The van der Waals surface area contributed by atoms with Gasteiger partial charge in [0, 0.05) is 7.11 Å². The molecule has 2 rings (SSSR count). The van der Waals surface area contributed by atoms with E-state index in [-0.39, 0.29) is 17.9 Å². The number of ether oxygens (including phenoxy) is 1. The van der Waals surface area contributed by atoms with Crippen LogP contribution in [0.3, 0.4) is 0 Å². The van der Waals surface area contributed by atoms with Crippen LogP contribution in [0.25, 0.3) is 0 Å². The lowest BCUT2D eigenvalue weighted by Crippen LogP contribution is -2.50. The van der Waals surface area contributed by atoms with Crippen LogP contribution in [0, 0.1) is 0 Å². The van der Waals surface area contributed by atoms with Crippen LogP contribution in [0.5, 0.6) is 0 Å². The van der Waals surface area contributed by atoms with Gasteiger partial charge in [0.05, 0.1) is 18.6 Å². The summed E-state index contributed by atoms with van der Waals surface area (Å²) in [6.07, 6.45) is 4.14. The Bertz CT molecular complexity index is 459. The predicted octanol–water partition coefficient (Wildman–Crippen LogP) is -0.284. The molecule has 0 bridgehead atoms. The summed E-state index contributed by atoms with van der Waals surface area (Å²) in [4.78, 5) is 25.2. The Hall–Kier alpha value is -1.63. The average Bonchev–Trinajstić information content (AvgIpc) is 2.89. The third kappa shape index (κ3) is 2.98. The first-order chi connectivity index (χ1) is 8.63. The highest BCUT2D eigenvalue weighted by Gasteiger charge is 2.35. The molecule has 0 aromatic carbocycles. The van der Waals surface area contributed by atoms with Crippen molar-refractivity contribution in [3.05, 3.63) is 16.3 Å². The molecule has 18 heavy (non-hydrogen) atoms. The van der Waals surface area contributed by atoms with E-state index >= 15 is 0 Å². The van der Waals surface area contributed by atoms with E-state index in [9.17, 15) is 9.59 Å². The Kier molecular flexibility index (Phi) is 3.81. The number of methoxy groups -OCH3 is 1. The zero-order chi connectivity index (χ0) is 13.0. The second kappa shape index (κ2) is 5.34. The van der Waals surface area contributed by atoms with Gasteiger partial charge < -0.3 is 10.1 Å². The van der Waals surface area contributed by atoms with E-state index in [2.05, 4.69) is 20.5 Å². The van der Waals surface area contributed by atoms with Crippen LogP contribution in [0.1, 0.15) is 31.5 Å². The van der Waals surface area contributed by atoms with Gasteiger partial charge in [-0.25, -0.2) is 9.89 Å². The van der Waals surface area contributed by atoms with Crippen LogP contribution in [0.2, 0.25) is 0 Å². The Morgan fingerprint density at radius 2 is 2.22 bits per heavy atom. The van der Waals surface area contributed by atoms with Gasteiger partial charge in [0.15, 0.2) is 0 Å². The molecule has 1 fully saturated rings. The summed E-state index contributed by atoms with van der Waals surface area (Å²) in [6.45, 7) is 0.524. The number of hydrogen-bond acceptors (Lipinski definition) is 4. The summed E-state index contributed by atoms with van der Waals surface area (Å²) in [5.41, 5.74) is -0.645. The standard InChI is InChI=1S/C11H18N4O3/c1-18-7-11(4-2-3-5-11)13-9(16)6-8-12-10(17)15-14-8/h2-7H2,1H3,(H,13,16)(H2,12,14,15,17). The lowest BCUT2D eigenvalue weighted by Gasteiger charge is -2.29. The van der Waals surface area contributed by atoms with Gasteiger partial charge in [-0.15, -0.1) is 0 Å². The van der Waals surface area contributed by atoms with E-state index in [1.165, 1.54) is 0 Å². The quantitative estimate of drug-likeness (QED) is 0.672. The molecule has 1 aromatic rings. The molecule has 1 heterocycles. The van der Waals surface area contributed by atoms with Gasteiger partial charge in [0.25, 0.3) is 0 Å². The number of aromatic nitrogens is 3. The maximum absolute atomic E-state index is 11.9. The Morgan fingerprint density at radius 3 is 2.78 bits per heavy atom. The first-order valence-corrected chi connectivity index (χ1v) is 6.07. The number of H-pyrrole nitrogens is 2. The maximum Gasteiger partial charge on any atom is 0.340 e. The Labute approximate surface area is 104 Å². The molecule has 0 saturated heterocycles. The fourth-order valence-corrected chi connectivity index (χ4v) is 2.51. The molecular formula is C11H18N4O3. The predicted molar refractivity (Wildman–Crippen MR) is 64.1 cm³/mol. The molecule has 1 amide bonds. The smallest absolute Gasteiger partial charge is 0.340 e. The molecule has 1 aliphatic rings. The average molecular weight is 254 g/mol. The van der Waals surface area contributed by atoms with Crippen LogP contribution in [0.15, 0.2) is 4.79 Å². The minimum atomic E-state index is -0.398. The Balaban J connectivity index is 1.95. The van der Waals surface area contributed by atoms with Gasteiger partial charge in [-0.3, -0.25) is 9.78 Å². The van der Waals surface area contributed by atoms with Gasteiger partial charge in [-0.2, -0.15) is 5.10 Å². The van der Waals surface area contributed by atoms with Crippen molar-refractivity contribution in [1.29, 1.82) is 0 Å². The van der Waals surface area contributed by atoms with Gasteiger partial charge in [0.2, 0.25) is 5.91 Å². The van der Waals surface area contributed by atoms with Gasteiger partial charge in [0.1, 0.15) is 5.82 Å². The largest absolute Gasteiger partial charge is 0.382 e. The molecule has 0 atom stereocenters. The lowest BCUT2D eigenvalue weighted by molar-refractivity contribution is -0.123. The van der Waals surface area contributed by atoms with E-state index in [4.69, 9.17) is 4.74 Å². The van der Waals surface area contributed by atoms with Crippen molar-refractivity contribution >= 4 is 5.91 Å². The molecule has 7 nitrogen and oxygen atoms in total. The number of nitrogens with zero attached hydrogens (tertiary/aromatic N) is 1. The third-order valence-corrected chi connectivity index (χ3v) is 3.26. The van der Waals surface area contributed by atoms with Crippen LogP contribution in [-0.2, 0) is 16.0 Å². The molecule has 0 aliphatic heterocycles. The van der Waals surface area contributed by atoms with Gasteiger partial charge >= 0.3 is 5.69 Å². The van der Waals surface area contributed by atoms with Crippen molar-refractivity contribution in [1.82, 2.24) is 20.5 Å². The van der Waals surface area contributed by atoms with Crippen molar-refractivity contribution in [3.63, 3.8) is 0 Å². The SMILES string of the molecule is COCC1(NC(=O)Cc2n[nH]c(=O)[nH]2)CCCC1. The lowest BCUT2D eigenvalue weighted by atomic mass is 9.98. The van der Waals surface area contributed by atoms with E-state index in [1.54, 1.807) is 7.11 Å². The molecule has 3 N–H and O–H groups in total. The highest BCUT2D eigenvalue weighted by atomic mass is 16.5. The van der Waals surface area contributed by atoms with E-state index in [0.29, 0.717) is 12.4 Å². The molecule has 7 heteroatoms. The molecule has 1 aliphatic carbocycles. The normalized spacial score (nSPS) is 17.8. The van der Waals surface area contributed by atoms with E-state index in [1.807, 2.05) is 0 Å². The molecule has 100 valence electrons. The van der Waals surface area contributed by atoms with Gasteiger partial charge in [-0.05, 0) is 12.8 Å². The topological polar surface area (TPSA) is 99.9 Å². The van der Waals surface area contributed by atoms with Crippen LogP contribution >= 0.6 is 0 Å². The highest BCUT2D eigenvalue weighted by molar-refractivity contribution is 5.78. The monoisotopic (exact) mass is 254 g/mol. The number of aromatic amines is 2. The molecule has 0 unspecified atom stereocenters. The number of nitrogens with one attached hydrogen (secondary N) is 3. The van der Waals surface area contributed by atoms with E-state index < -0.39 is 5.69 Å². The number of amides is 1. The fourth-order valence-electron chi connectivity index (χ4n) is 2.51. The summed E-state index contributed by atoms with van der Waals surface area (Å²) < 4.78 is 5.19. The minimum Gasteiger partial charge on any atom is -0.382 e. The number of hydrogen-bond donors (Lipinski definition) is 3. The summed E-state index contributed by atoms with van der Waals surface area (Å²) in [7, 11) is 1.64. The first kappa shape index (κ1) is 12.8.